The van der Waals surface area contributed by atoms with Crippen molar-refractivity contribution in [1.29, 1.82) is 0 Å². The summed E-state index contributed by atoms with van der Waals surface area (Å²) in [6.07, 6.45) is -3.89. The van der Waals surface area contributed by atoms with E-state index in [2.05, 4.69) is 16.3 Å². The van der Waals surface area contributed by atoms with E-state index < -0.39 is 32.6 Å². The summed E-state index contributed by atoms with van der Waals surface area (Å²) in [7, 11) is -4.64. The van der Waals surface area contributed by atoms with Crippen LogP contribution >= 0.6 is 11.8 Å². The molecule has 0 unspecified atom stereocenters. The van der Waals surface area contributed by atoms with E-state index in [-0.39, 0.29) is 23.7 Å². The number of ether oxygens (including phenoxy) is 1. The first-order valence-corrected chi connectivity index (χ1v) is 21.0. The van der Waals surface area contributed by atoms with Crippen molar-refractivity contribution in [3.8, 4) is 16.9 Å². The minimum atomic E-state index is -4.84. The van der Waals surface area contributed by atoms with Gasteiger partial charge in [0.05, 0.1) is 17.1 Å². The Morgan fingerprint density at radius 3 is 2.26 bits per heavy atom. The van der Waals surface area contributed by atoms with E-state index in [0.717, 1.165) is 45.2 Å². The number of halogens is 3. The summed E-state index contributed by atoms with van der Waals surface area (Å²) in [6, 6.07) is 34.3. The first-order valence-electron chi connectivity index (χ1n) is 18.6. The van der Waals surface area contributed by atoms with Gasteiger partial charge >= 0.3 is 6.18 Å². The molecular weight excluding hydrogens is 774 g/mol. The van der Waals surface area contributed by atoms with Gasteiger partial charge in [0.25, 0.3) is 15.9 Å². The summed E-state index contributed by atoms with van der Waals surface area (Å²) in [5, 5.41) is 2.75. The second kappa shape index (κ2) is 18.6. The number of nitrogens with one attached hydrogen (secondary N) is 2. The number of amides is 2. The molecule has 2 N–H and O–H groups in total. The zero-order chi connectivity index (χ0) is 40.4. The zero-order valence-electron chi connectivity index (χ0n) is 31.3. The highest BCUT2D eigenvalue weighted by Gasteiger charge is 2.35. The number of thioether (sulfide) groups is 1. The lowest BCUT2D eigenvalue weighted by molar-refractivity contribution is -0.137. The van der Waals surface area contributed by atoms with Gasteiger partial charge in [0.15, 0.2) is 0 Å². The van der Waals surface area contributed by atoms with Gasteiger partial charge in [0.1, 0.15) is 5.75 Å². The van der Waals surface area contributed by atoms with Gasteiger partial charge in [-0.3, -0.25) is 9.59 Å². The molecule has 1 heterocycles. The Bertz CT molecular complexity index is 2270. The number of alkyl halides is 3. The predicted molar refractivity (Wildman–Crippen MR) is 218 cm³/mol. The number of sulfonamides is 1. The number of carbonyl (C=O) groups excluding carboxylic acids is 2. The Morgan fingerprint density at radius 1 is 0.825 bits per heavy atom. The molecule has 0 saturated carbocycles. The Balaban J connectivity index is 1.00. The lowest BCUT2D eigenvalue weighted by atomic mass is 9.96. The number of nitrogens with zero attached hydrogens (tertiary/aromatic N) is 2. The van der Waals surface area contributed by atoms with E-state index in [9.17, 15) is 31.2 Å². The Kier molecular flexibility index (Phi) is 13.5. The van der Waals surface area contributed by atoms with Crippen molar-refractivity contribution < 1.29 is 35.9 Å². The Hall–Kier alpha value is -5.47. The maximum atomic E-state index is 14.0. The molecule has 0 aliphatic carbocycles. The topological polar surface area (TPSA) is 108 Å². The van der Waals surface area contributed by atoms with Crippen LogP contribution in [0, 0.1) is 0 Å². The van der Waals surface area contributed by atoms with Gasteiger partial charge in [-0.1, -0.05) is 54.6 Å². The van der Waals surface area contributed by atoms with E-state index >= 15 is 0 Å². The van der Waals surface area contributed by atoms with Crippen LogP contribution in [0.1, 0.15) is 34.8 Å². The molecule has 57 heavy (non-hydrogen) atoms. The number of piperazine rings is 1. The molecule has 5 aromatic rings. The van der Waals surface area contributed by atoms with Gasteiger partial charge in [0.2, 0.25) is 5.91 Å². The van der Waals surface area contributed by atoms with Crippen LogP contribution in [0.25, 0.3) is 11.1 Å². The molecule has 9 nitrogen and oxygen atoms in total. The molecule has 1 aliphatic rings. The monoisotopic (exact) mass is 816 g/mol. The fraction of sp³-hybridized carbons (Fsp3) is 0.256. The fourth-order valence-electron chi connectivity index (χ4n) is 6.57. The molecule has 5 aromatic carbocycles. The molecule has 298 valence electrons. The van der Waals surface area contributed by atoms with E-state index in [1.165, 1.54) is 23.9 Å². The molecule has 0 spiro atoms. The van der Waals surface area contributed by atoms with Crippen LogP contribution in [0.2, 0.25) is 0 Å². The van der Waals surface area contributed by atoms with Gasteiger partial charge in [-0.05, 0) is 96.8 Å². The van der Waals surface area contributed by atoms with Crippen LogP contribution in [0.3, 0.4) is 0 Å². The van der Waals surface area contributed by atoms with E-state index in [4.69, 9.17) is 4.74 Å². The maximum Gasteiger partial charge on any atom is 0.418 e. The number of rotatable bonds is 15. The van der Waals surface area contributed by atoms with Crippen LogP contribution in [0.5, 0.6) is 5.75 Å². The fourth-order valence-corrected chi connectivity index (χ4v) is 8.36. The van der Waals surface area contributed by atoms with Crippen molar-refractivity contribution in [3.05, 3.63) is 138 Å². The van der Waals surface area contributed by atoms with E-state index in [1.54, 1.807) is 12.1 Å². The number of benzene rings is 5. The highest BCUT2D eigenvalue weighted by molar-refractivity contribution is 7.99. The average molecular weight is 817 g/mol. The molecule has 1 fully saturated rings. The first-order chi connectivity index (χ1) is 27.4. The summed E-state index contributed by atoms with van der Waals surface area (Å²) in [4.78, 5) is 30.4. The SMILES string of the molecule is CCOc1cccc(-c2ccccc2CCC(=O)N2CCN(c3ccc(C(=O)NS(=O)(=O)c4ccc(NCCSc5ccccc5)c(C(F)(F)F)c4)cc3)CC2)c1. The second-order valence-electron chi connectivity index (χ2n) is 13.3. The van der Waals surface area contributed by atoms with Crippen LogP contribution in [0.4, 0.5) is 24.5 Å². The third kappa shape index (κ3) is 10.9. The van der Waals surface area contributed by atoms with Gasteiger partial charge in [-0.25, -0.2) is 13.1 Å². The molecule has 0 atom stereocenters. The number of hydrogen-bond acceptors (Lipinski definition) is 8. The van der Waals surface area contributed by atoms with Gasteiger partial charge in [0, 0.05) is 66.7 Å². The number of anilines is 2. The molecule has 2 amide bonds. The quantitative estimate of drug-likeness (QED) is 0.0802. The van der Waals surface area contributed by atoms with Crippen molar-refractivity contribution in [2.24, 2.45) is 0 Å². The van der Waals surface area contributed by atoms with E-state index in [0.29, 0.717) is 57.4 Å². The van der Waals surface area contributed by atoms with Gasteiger partial charge < -0.3 is 19.9 Å². The van der Waals surface area contributed by atoms with Gasteiger partial charge in [-0.2, -0.15) is 13.2 Å². The normalized spacial score (nSPS) is 13.3. The van der Waals surface area contributed by atoms with Crippen molar-refractivity contribution >= 4 is 45.0 Å². The largest absolute Gasteiger partial charge is 0.494 e. The van der Waals surface area contributed by atoms with E-state index in [1.807, 2.05) is 89.3 Å². The smallest absolute Gasteiger partial charge is 0.418 e. The highest BCUT2D eigenvalue weighted by Crippen LogP contribution is 2.36. The van der Waals surface area contributed by atoms with Gasteiger partial charge in [-0.15, -0.1) is 11.8 Å². The van der Waals surface area contributed by atoms with Crippen LogP contribution in [0.15, 0.2) is 131 Å². The predicted octanol–water partition coefficient (Wildman–Crippen LogP) is 8.38. The number of aryl methyl sites for hydroxylation is 1. The number of carbonyl (C=O) groups is 2. The lowest BCUT2D eigenvalue weighted by Crippen LogP contribution is -2.48. The number of hydrogen-bond donors (Lipinski definition) is 2. The zero-order valence-corrected chi connectivity index (χ0v) is 32.9. The van der Waals surface area contributed by atoms with Crippen LogP contribution < -0.4 is 19.7 Å². The first kappa shape index (κ1) is 41.2. The average Bonchev–Trinajstić information content (AvgIpc) is 3.22. The van der Waals surface area contributed by atoms with Crippen molar-refractivity contribution in [1.82, 2.24) is 9.62 Å². The second-order valence-corrected chi connectivity index (χ2v) is 16.1. The summed E-state index contributed by atoms with van der Waals surface area (Å²) in [5.74, 6) is 0.363. The third-order valence-electron chi connectivity index (χ3n) is 9.47. The Labute approximate surface area is 335 Å². The van der Waals surface area contributed by atoms with Crippen molar-refractivity contribution in [2.45, 2.75) is 35.7 Å². The molecular formula is C43H43F3N4O5S2. The summed E-state index contributed by atoms with van der Waals surface area (Å²) in [6.45, 7) is 4.87. The molecule has 1 aliphatic heterocycles. The van der Waals surface area contributed by atoms with Crippen LogP contribution in [-0.4, -0.2) is 70.2 Å². The molecule has 0 aromatic heterocycles. The van der Waals surface area contributed by atoms with Crippen LogP contribution in [-0.2, 0) is 27.4 Å². The molecule has 0 bridgehead atoms. The van der Waals surface area contributed by atoms with Crippen molar-refractivity contribution in [3.63, 3.8) is 0 Å². The highest BCUT2D eigenvalue weighted by atomic mass is 32.2. The minimum Gasteiger partial charge on any atom is -0.494 e. The summed E-state index contributed by atoms with van der Waals surface area (Å²) in [5.41, 5.74) is 2.56. The summed E-state index contributed by atoms with van der Waals surface area (Å²) >= 11 is 1.47. The minimum absolute atomic E-state index is 0.0197. The van der Waals surface area contributed by atoms with Crippen molar-refractivity contribution in [2.75, 3.05) is 55.3 Å². The molecule has 6 rings (SSSR count). The standard InChI is InChI=1S/C43H43F3N4O5S2/c1-2-55-35-11-8-10-33(29-35)38-14-7-6-9-31(38)17-22-41(51)50-26-24-49(25-27-50)34-18-15-32(16-19-34)42(52)48-57(53,54)37-20-21-40(39(30-37)43(44,45)46)47-23-28-56-36-12-4-3-5-13-36/h3-16,18-21,29-30,47H,2,17,22-28H2,1H3,(H,48,52). The maximum absolute atomic E-state index is 14.0. The summed E-state index contributed by atoms with van der Waals surface area (Å²) < 4.78 is 75.8. The third-order valence-corrected chi connectivity index (χ3v) is 11.8. The Morgan fingerprint density at radius 2 is 1.54 bits per heavy atom. The molecule has 1 saturated heterocycles. The lowest BCUT2D eigenvalue weighted by Gasteiger charge is -2.36. The molecule has 0 radical (unpaired) electrons. The molecule has 14 heteroatoms.